The number of hydrogen-bond donors (Lipinski definition) is 2. The van der Waals surface area contributed by atoms with Crippen LogP contribution >= 0.6 is 11.6 Å². The van der Waals surface area contributed by atoms with Gasteiger partial charge in [0, 0.05) is 11.8 Å². The van der Waals surface area contributed by atoms with Gasteiger partial charge in [-0.3, -0.25) is 4.79 Å². The largest absolute Gasteiger partial charge is 0.479 e. The summed E-state index contributed by atoms with van der Waals surface area (Å²) in [5, 5.41) is 0.396. The zero-order valence-corrected chi connectivity index (χ0v) is 8.41. The third kappa shape index (κ3) is 2.53. The van der Waals surface area contributed by atoms with Crippen molar-refractivity contribution in [3.05, 3.63) is 23.2 Å². The molecule has 5 heteroatoms. The zero-order valence-electron chi connectivity index (χ0n) is 7.66. The predicted octanol–water partition coefficient (Wildman–Crippen LogP) is 1.17. The van der Waals surface area contributed by atoms with Crippen molar-refractivity contribution in [2.75, 3.05) is 5.73 Å². The van der Waals surface area contributed by atoms with Crippen LogP contribution in [-0.2, 0) is 4.79 Å². The van der Waals surface area contributed by atoms with Gasteiger partial charge in [0.05, 0.1) is 5.02 Å². The quantitative estimate of drug-likeness (QED) is 0.742. The smallest absolute Gasteiger partial charge is 0.258 e. The van der Waals surface area contributed by atoms with Crippen LogP contribution in [0, 0.1) is 0 Å². The molecule has 0 aliphatic rings. The number of anilines is 1. The van der Waals surface area contributed by atoms with E-state index in [0.717, 1.165) is 0 Å². The molecule has 0 aliphatic carbocycles. The Morgan fingerprint density at radius 1 is 1.57 bits per heavy atom. The highest BCUT2D eigenvalue weighted by Gasteiger charge is 2.12. The fourth-order valence-electron chi connectivity index (χ4n) is 0.859. The average molecular weight is 215 g/mol. The normalized spacial score (nSPS) is 12.1. The van der Waals surface area contributed by atoms with Crippen LogP contribution in [0.2, 0.25) is 5.02 Å². The number of amides is 1. The summed E-state index contributed by atoms with van der Waals surface area (Å²) < 4.78 is 5.20. The molecule has 0 radical (unpaired) electrons. The lowest BCUT2D eigenvalue weighted by Crippen LogP contribution is -2.30. The van der Waals surface area contributed by atoms with E-state index in [4.69, 9.17) is 27.8 Å². The van der Waals surface area contributed by atoms with Crippen molar-refractivity contribution in [2.24, 2.45) is 5.73 Å². The predicted molar refractivity (Wildman–Crippen MR) is 55.1 cm³/mol. The number of ether oxygens (including phenoxy) is 1. The van der Waals surface area contributed by atoms with Gasteiger partial charge in [-0.25, -0.2) is 0 Å². The lowest BCUT2D eigenvalue weighted by Gasteiger charge is -2.12. The molecule has 0 aliphatic heterocycles. The van der Waals surface area contributed by atoms with Gasteiger partial charge in [0.25, 0.3) is 5.91 Å². The van der Waals surface area contributed by atoms with Crippen molar-refractivity contribution in [1.82, 2.24) is 0 Å². The Bertz CT molecular complexity index is 355. The molecule has 0 fully saturated rings. The van der Waals surface area contributed by atoms with Gasteiger partial charge in [0.2, 0.25) is 0 Å². The first-order valence-electron chi connectivity index (χ1n) is 4.01. The molecular weight excluding hydrogens is 204 g/mol. The Morgan fingerprint density at radius 2 is 2.21 bits per heavy atom. The number of rotatable bonds is 3. The van der Waals surface area contributed by atoms with Crippen molar-refractivity contribution in [1.29, 1.82) is 0 Å². The van der Waals surface area contributed by atoms with Crippen LogP contribution in [-0.4, -0.2) is 12.0 Å². The van der Waals surface area contributed by atoms with E-state index in [1.54, 1.807) is 25.1 Å². The standard InChI is InChI=1S/C9H11ClN2O2/c1-5(9(12)13)14-8-4-6(11)2-3-7(8)10/h2-5H,11H2,1H3,(H2,12,13). The first-order chi connectivity index (χ1) is 6.50. The Kier molecular flexibility index (Phi) is 3.19. The average Bonchev–Trinajstić information content (AvgIpc) is 2.11. The van der Waals surface area contributed by atoms with E-state index in [1.165, 1.54) is 0 Å². The second-order valence-electron chi connectivity index (χ2n) is 2.85. The minimum absolute atomic E-state index is 0.359. The van der Waals surface area contributed by atoms with E-state index < -0.39 is 12.0 Å². The monoisotopic (exact) mass is 214 g/mol. The van der Waals surface area contributed by atoms with E-state index in [-0.39, 0.29) is 0 Å². The summed E-state index contributed by atoms with van der Waals surface area (Å²) in [6, 6.07) is 4.78. The van der Waals surface area contributed by atoms with Crippen molar-refractivity contribution >= 4 is 23.2 Å². The summed E-state index contributed by atoms with van der Waals surface area (Å²) in [6.07, 6.45) is -0.728. The maximum Gasteiger partial charge on any atom is 0.258 e. The van der Waals surface area contributed by atoms with Gasteiger partial charge in [-0.1, -0.05) is 11.6 Å². The van der Waals surface area contributed by atoms with E-state index in [1.807, 2.05) is 0 Å². The number of nitrogen functional groups attached to an aromatic ring is 1. The SMILES string of the molecule is CC(Oc1cc(N)ccc1Cl)C(N)=O. The molecule has 0 aromatic heterocycles. The molecule has 1 aromatic carbocycles. The fourth-order valence-corrected chi connectivity index (χ4v) is 1.02. The van der Waals surface area contributed by atoms with Crippen molar-refractivity contribution in [3.8, 4) is 5.75 Å². The van der Waals surface area contributed by atoms with E-state index in [9.17, 15) is 4.79 Å². The third-order valence-electron chi connectivity index (χ3n) is 1.66. The van der Waals surface area contributed by atoms with Gasteiger partial charge in [0.15, 0.2) is 6.10 Å². The molecule has 0 heterocycles. The van der Waals surface area contributed by atoms with Gasteiger partial charge >= 0.3 is 0 Å². The van der Waals surface area contributed by atoms with Crippen LogP contribution in [0.4, 0.5) is 5.69 Å². The molecule has 0 spiro atoms. The Hall–Kier alpha value is -1.42. The highest BCUT2D eigenvalue weighted by Crippen LogP contribution is 2.27. The summed E-state index contributed by atoms with van der Waals surface area (Å²) in [5.41, 5.74) is 11.1. The lowest BCUT2D eigenvalue weighted by molar-refractivity contribution is -0.123. The molecule has 1 amide bonds. The molecule has 0 saturated heterocycles. The molecule has 0 saturated carbocycles. The molecule has 1 atom stereocenters. The minimum atomic E-state index is -0.728. The second-order valence-corrected chi connectivity index (χ2v) is 3.26. The third-order valence-corrected chi connectivity index (χ3v) is 1.97. The molecule has 1 unspecified atom stereocenters. The van der Waals surface area contributed by atoms with E-state index in [2.05, 4.69) is 0 Å². The number of benzene rings is 1. The highest BCUT2D eigenvalue weighted by atomic mass is 35.5. The maximum absolute atomic E-state index is 10.7. The molecular formula is C9H11ClN2O2. The molecule has 76 valence electrons. The maximum atomic E-state index is 10.7. The second kappa shape index (κ2) is 4.19. The van der Waals surface area contributed by atoms with Crippen molar-refractivity contribution in [2.45, 2.75) is 13.0 Å². The Morgan fingerprint density at radius 3 is 2.79 bits per heavy atom. The van der Waals surface area contributed by atoms with Crippen LogP contribution < -0.4 is 16.2 Å². The number of carbonyl (C=O) groups is 1. The zero-order chi connectivity index (χ0) is 10.7. The molecule has 4 nitrogen and oxygen atoms in total. The highest BCUT2D eigenvalue weighted by molar-refractivity contribution is 6.32. The summed E-state index contributed by atoms with van der Waals surface area (Å²) in [6.45, 7) is 1.54. The minimum Gasteiger partial charge on any atom is -0.479 e. The van der Waals surface area contributed by atoms with Crippen LogP contribution in [0.5, 0.6) is 5.75 Å². The number of hydrogen-bond acceptors (Lipinski definition) is 3. The topological polar surface area (TPSA) is 78.3 Å². The summed E-state index contributed by atoms with van der Waals surface area (Å²) in [5.74, 6) is -0.193. The first-order valence-corrected chi connectivity index (χ1v) is 4.39. The molecule has 1 aromatic rings. The van der Waals surface area contributed by atoms with Gasteiger partial charge in [0.1, 0.15) is 5.75 Å². The molecule has 14 heavy (non-hydrogen) atoms. The Balaban J connectivity index is 2.85. The first kappa shape index (κ1) is 10.7. The number of primary amides is 1. The van der Waals surface area contributed by atoms with Gasteiger partial charge in [-0.15, -0.1) is 0 Å². The number of carbonyl (C=O) groups excluding carboxylic acids is 1. The van der Waals surface area contributed by atoms with Crippen LogP contribution in [0.3, 0.4) is 0 Å². The van der Waals surface area contributed by atoms with Crippen molar-refractivity contribution < 1.29 is 9.53 Å². The van der Waals surface area contributed by atoms with Gasteiger partial charge in [-0.2, -0.15) is 0 Å². The molecule has 4 N–H and O–H groups in total. The number of halogens is 1. The fraction of sp³-hybridized carbons (Fsp3) is 0.222. The number of nitrogens with two attached hydrogens (primary N) is 2. The van der Waals surface area contributed by atoms with Crippen molar-refractivity contribution in [3.63, 3.8) is 0 Å². The van der Waals surface area contributed by atoms with Gasteiger partial charge in [-0.05, 0) is 19.1 Å². The lowest BCUT2D eigenvalue weighted by atomic mass is 10.3. The molecule has 0 bridgehead atoms. The van der Waals surface area contributed by atoms with Crippen LogP contribution in [0.1, 0.15) is 6.92 Å². The molecule has 1 rings (SSSR count). The van der Waals surface area contributed by atoms with Crippen LogP contribution in [0.15, 0.2) is 18.2 Å². The summed E-state index contributed by atoms with van der Waals surface area (Å²) in [7, 11) is 0. The summed E-state index contributed by atoms with van der Waals surface area (Å²) >= 11 is 5.81. The summed E-state index contributed by atoms with van der Waals surface area (Å²) in [4.78, 5) is 10.7. The van der Waals surface area contributed by atoms with Crippen LogP contribution in [0.25, 0.3) is 0 Å². The van der Waals surface area contributed by atoms with E-state index >= 15 is 0 Å². The Labute approximate surface area is 86.8 Å². The van der Waals surface area contributed by atoms with Gasteiger partial charge < -0.3 is 16.2 Å². The van der Waals surface area contributed by atoms with E-state index in [0.29, 0.717) is 16.5 Å².